The van der Waals surface area contributed by atoms with Gasteiger partial charge in [-0.3, -0.25) is 0 Å². The van der Waals surface area contributed by atoms with Crippen LogP contribution in [0.2, 0.25) is 0 Å². The molecule has 0 heterocycles. The monoisotopic (exact) mass is 225 g/mol. The van der Waals surface area contributed by atoms with Crippen molar-refractivity contribution >= 4 is 0 Å². The molecule has 0 spiro atoms. The van der Waals surface area contributed by atoms with E-state index in [1.165, 1.54) is 25.7 Å². The SMILES string of the molecule is CC1CC(C)(C)CC1NCC1(O)CCCC1. The van der Waals surface area contributed by atoms with Gasteiger partial charge in [0.1, 0.15) is 0 Å². The van der Waals surface area contributed by atoms with Crippen molar-refractivity contribution in [3.63, 3.8) is 0 Å². The molecule has 2 rings (SSSR count). The van der Waals surface area contributed by atoms with Crippen molar-refractivity contribution in [3.05, 3.63) is 0 Å². The van der Waals surface area contributed by atoms with Gasteiger partial charge in [0.15, 0.2) is 0 Å². The second-order valence-electron chi connectivity index (χ2n) is 6.97. The summed E-state index contributed by atoms with van der Waals surface area (Å²) in [7, 11) is 0. The molecule has 2 fully saturated rings. The summed E-state index contributed by atoms with van der Waals surface area (Å²) < 4.78 is 0. The highest BCUT2D eigenvalue weighted by atomic mass is 16.3. The Morgan fingerprint density at radius 1 is 1.19 bits per heavy atom. The van der Waals surface area contributed by atoms with Gasteiger partial charge in [-0.2, -0.15) is 0 Å². The Labute approximate surface area is 99.8 Å². The molecule has 2 unspecified atom stereocenters. The van der Waals surface area contributed by atoms with E-state index in [0.717, 1.165) is 25.3 Å². The molecule has 2 aliphatic carbocycles. The molecule has 0 radical (unpaired) electrons. The molecule has 16 heavy (non-hydrogen) atoms. The lowest BCUT2D eigenvalue weighted by Gasteiger charge is -2.27. The fraction of sp³-hybridized carbons (Fsp3) is 1.00. The lowest BCUT2D eigenvalue weighted by molar-refractivity contribution is 0.0435. The smallest absolute Gasteiger partial charge is 0.0771 e. The molecule has 0 bridgehead atoms. The van der Waals surface area contributed by atoms with Crippen LogP contribution in [0.3, 0.4) is 0 Å². The second kappa shape index (κ2) is 4.30. The van der Waals surface area contributed by atoms with Crippen LogP contribution in [-0.2, 0) is 0 Å². The Kier molecular flexibility index (Phi) is 3.33. The van der Waals surface area contributed by atoms with Gasteiger partial charge in [0.2, 0.25) is 0 Å². The summed E-state index contributed by atoms with van der Waals surface area (Å²) in [6, 6.07) is 0.611. The van der Waals surface area contributed by atoms with Crippen LogP contribution in [0.25, 0.3) is 0 Å². The van der Waals surface area contributed by atoms with E-state index in [4.69, 9.17) is 0 Å². The third-order valence-corrected chi connectivity index (χ3v) is 4.56. The predicted octanol–water partition coefficient (Wildman–Crippen LogP) is 2.71. The first-order valence-corrected chi connectivity index (χ1v) is 6.86. The van der Waals surface area contributed by atoms with E-state index < -0.39 is 5.60 Å². The quantitative estimate of drug-likeness (QED) is 0.774. The summed E-state index contributed by atoms with van der Waals surface area (Å²) in [5, 5.41) is 13.9. The molecule has 0 amide bonds. The van der Waals surface area contributed by atoms with E-state index >= 15 is 0 Å². The third-order valence-electron chi connectivity index (χ3n) is 4.56. The van der Waals surface area contributed by atoms with Gasteiger partial charge in [0.25, 0.3) is 0 Å². The van der Waals surface area contributed by atoms with Crippen molar-refractivity contribution in [2.24, 2.45) is 11.3 Å². The van der Waals surface area contributed by atoms with Gasteiger partial charge in [-0.05, 0) is 37.0 Å². The van der Waals surface area contributed by atoms with Crippen LogP contribution in [0.5, 0.6) is 0 Å². The topological polar surface area (TPSA) is 32.3 Å². The zero-order chi connectivity index (χ0) is 11.8. The highest BCUT2D eigenvalue weighted by molar-refractivity contribution is 4.94. The number of rotatable bonds is 3. The van der Waals surface area contributed by atoms with Crippen molar-refractivity contribution < 1.29 is 5.11 Å². The summed E-state index contributed by atoms with van der Waals surface area (Å²) in [5.41, 5.74) is 0.0851. The van der Waals surface area contributed by atoms with Gasteiger partial charge >= 0.3 is 0 Å². The van der Waals surface area contributed by atoms with Gasteiger partial charge in [0.05, 0.1) is 5.60 Å². The van der Waals surface area contributed by atoms with Crippen molar-refractivity contribution in [1.29, 1.82) is 0 Å². The van der Waals surface area contributed by atoms with E-state index in [1.54, 1.807) is 0 Å². The maximum Gasteiger partial charge on any atom is 0.0771 e. The lowest BCUT2D eigenvalue weighted by Crippen LogP contribution is -2.43. The first-order valence-electron chi connectivity index (χ1n) is 6.86. The van der Waals surface area contributed by atoms with Crippen LogP contribution in [-0.4, -0.2) is 23.3 Å². The lowest BCUT2D eigenvalue weighted by atomic mass is 9.91. The summed E-state index contributed by atoms with van der Waals surface area (Å²) >= 11 is 0. The Balaban J connectivity index is 1.82. The van der Waals surface area contributed by atoms with Gasteiger partial charge in [-0.1, -0.05) is 33.6 Å². The zero-order valence-electron chi connectivity index (χ0n) is 11.1. The fourth-order valence-corrected chi connectivity index (χ4v) is 3.70. The maximum absolute atomic E-state index is 10.3. The molecule has 2 aliphatic rings. The highest BCUT2D eigenvalue weighted by Gasteiger charge is 2.38. The van der Waals surface area contributed by atoms with Crippen LogP contribution < -0.4 is 5.32 Å². The first-order chi connectivity index (χ1) is 7.40. The van der Waals surface area contributed by atoms with Crippen LogP contribution in [0.1, 0.15) is 59.3 Å². The Bertz CT molecular complexity index is 243. The van der Waals surface area contributed by atoms with E-state index in [9.17, 15) is 5.11 Å². The molecule has 2 heteroatoms. The zero-order valence-corrected chi connectivity index (χ0v) is 11.1. The van der Waals surface area contributed by atoms with Crippen molar-refractivity contribution in [2.75, 3.05) is 6.54 Å². The van der Waals surface area contributed by atoms with E-state index in [1.807, 2.05) is 0 Å². The summed E-state index contributed by atoms with van der Waals surface area (Å²) in [6.07, 6.45) is 6.94. The first kappa shape index (κ1) is 12.4. The van der Waals surface area contributed by atoms with E-state index in [2.05, 4.69) is 26.1 Å². The van der Waals surface area contributed by atoms with Crippen LogP contribution in [0.15, 0.2) is 0 Å². The van der Waals surface area contributed by atoms with E-state index in [0.29, 0.717) is 11.5 Å². The molecule has 2 nitrogen and oxygen atoms in total. The van der Waals surface area contributed by atoms with Gasteiger partial charge in [-0.15, -0.1) is 0 Å². The van der Waals surface area contributed by atoms with Crippen molar-refractivity contribution in [3.8, 4) is 0 Å². The molecule has 0 aromatic carbocycles. The fourth-order valence-electron chi connectivity index (χ4n) is 3.70. The number of nitrogens with one attached hydrogen (secondary N) is 1. The number of hydrogen-bond donors (Lipinski definition) is 2. The summed E-state index contributed by atoms with van der Waals surface area (Å²) in [4.78, 5) is 0. The number of aliphatic hydroxyl groups is 1. The van der Waals surface area contributed by atoms with Crippen LogP contribution in [0, 0.1) is 11.3 Å². The Hall–Kier alpha value is -0.0800. The largest absolute Gasteiger partial charge is 0.389 e. The molecule has 0 saturated heterocycles. The molecule has 0 aliphatic heterocycles. The van der Waals surface area contributed by atoms with Crippen molar-refractivity contribution in [1.82, 2.24) is 5.32 Å². The molecular formula is C14H27NO. The standard InChI is InChI=1S/C14H27NO/c1-11-8-13(2,3)9-12(11)15-10-14(16)6-4-5-7-14/h11-12,15-16H,4-10H2,1-3H3. The van der Waals surface area contributed by atoms with Crippen LogP contribution in [0.4, 0.5) is 0 Å². The minimum atomic E-state index is -0.396. The van der Waals surface area contributed by atoms with Crippen molar-refractivity contribution in [2.45, 2.75) is 70.9 Å². The maximum atomic E-state index is 10.3. The van der Waals surface area contributed by atoms with Gasteiger partial charge < -0.3 is 10.4 Å². The molecular weight excluding hydrogens is 198 g/mol. The van der Waals surface area contributed by atoms with Gasteiger partial charge in [0, 0.05) is 12.6 Å². The average Bonchev–Trinajstić information content (AvgIpc) is 2.68. The van der Waals surface area contributed by atoms with E-state index in [-0.39, 0.29) is 0 Å². The second-order valence-corrected chi connectivity index (χ2v) is 6.97. The minimum absolute atomic E-state index is 0.396. The average molecular weight is 225 g/mol. The normalized spacial score (nSPS) is 36.8. The molecule has 0 aromatic rings. The highest BCUT2D eigenvalue weighted by Crippen LogP contribution is 2.41. The summed E-state index contributed by atoms with van der Waals surface area (Å²) in [5.74, 6) is 0.750. The molecule has 0 aromatic heterocycles. The Morgan fingerprint density at radius 3 is 2.31 bits per heavy atom. The Morgan fingerprint density at radius 2 is 1.81 bits per heavy atom. The summed E-state index contributed by atoms with van der Waals surface area (Å²) in [6.45, 7) is 7.86. The molecule has 2 saturated carbocycles. The minimum Gasteiger partial charge on any atom is -0.389 e. The third kappa shape index (κ3) is 2.78. The van der Waals surface area contributed by atoms with Crippen LogP contribution >= 0.6 is 0 Å². The molecule has 2 N–H and O–H groups in total. The number of hydrogen-bond acceptors (Lipinski definition) is 2. The van der Waals surface area contributed by atoms with Gasteiger partial charge in [-0.25, -0.2) is 0 Å². The predicted molar refractivity (Wildman–Crippen MR) is 67.4 cm³/mol. The molecule has 2 atom stereocenters. The molecule has 94 valence electrons.